The monoisotopic (exact) mass is 496 g/mol. The molecule has 1 aliphatic heterocycles. The van der Waals surface area contributed by atoms with Gasteiger partial charge in [-0.3, -0.25) is 14.5 Å². The summed E-state index contributed by atoms with van der Waals surface area (Å²) in [4.78, 5) is 29.3. The summed E-state index contributed by atoms with van der Waals surface area (Å²) in [5.41, 5.74) is 6.71. The van der Waals surface area contributed by atoms with E-state index >= 15 is 0 Å². The van der Waals surface area contributed by atoms with Crippen LogP contribution < -0.4 is 16.0 Å². The zero-order valence-electron chi connectivity index (χ0n) is 21.1. The molecule has 8 nitrogen and oxygen atoms in total. The first kappa shape index (κ1) is 28.5. The van der Waals surface area contributed by atoms with E-state index in [-0.39, 0.29) is 42.2 Å². The fourth-order valence-corrected chi connectivity index (χ4v) is 4.53. The molecule has 0 unspecified atom stereocenters. The van der Waals surface area contributed by atoms with Crippen LogP contribution in [0.15, 0.2) is 24.3 Å². The highest BCUT2D eigenvalue weighted by molar-refractivity contribution is 6.33. The summed E-state index contributed by atoms with van der Waals surface area (Å²) >= 11 is 6.33. The number of ether oxygens (including phenoxy) is 1. The maximum Gasteiger partial charge on any atom is 0.241 e. The molecule has 1 saturated heterocycles. The lowest BCUT2D eigenvalue weighted by Gasteiger charge is -2.47. The Morgan fingerprint density at radius 1 is 1.32 bits per heavy atom. The van der Waals surface area contributed by atoms with Gasteiger partial charge in [0.1, 0.15) is 0 Å². The largest absolute Gasteiger partial charge is 0.391 e. The van der Waals surface area contributed by atoms with Crippen LogP contribution in [0.5, 0.6) is 0 Å². The number of hydrogen-bond donors (Lipinski definition) is 3. The van der Waals surface area contributed by atoms with E-state index in [9.17, 15) is 14.7 Å². The highest BCUT2D eigenvalue weighted by atomic mass is 35.5. The summed E-state index contributed by atoms with van der Waals surface area (Å²) in [5.74, 6) is -0.442. The summed E-state index contributed by atoms with van der Waals surface area (Å²) in [5, 5.41) is 14.3. The molecule has 9 heteroatoms. The van der Waals surface area contributed by atoms with Gasteiger partial charge in [-0.2, -0.15) is 0 Å². The topological polar surface area (TPSA) is 108 Å². The van der Waals surface area contributed by atoms with Crippen molar-refractivity contribution in [3.05, 3.63) is 29.3 Å². The van der Waals surface area contributed by atoms with Gasteiger partial charge in [0, 0.05) is 50.8 Å². The number of carbonyl (C=O) groups excluding carboxylic acids is 2. The van der Waals surface area contributed by atoms with Crippen molar-refractivity contribution in [2.45, 2.75) is 58.2 Å². The van der Waals surface area contributed by atoms with Gasteiger partial charge in [-0.05, 0) is 44.7 Å². The number of nitrogens with two attached hydrogens (primary N) is 1. The highest BCUT2D eigenvalue weighted by Gasteiger charge is 2.40. The third-order valence-corrected chi connectivity index (χ3v) is 6.88. The van der Waals surface area contributed by atoms with Gasteiger partial charge in [0.2, 0.25) is 11.8 Å². The number of para-hydroxylation sites is 1. The van der Waals surface area contributed by atoms with Gasteiger partial charge in [-0.1, -0.05) is 37.6 Å². The number of nitrogens with zero attached hydrogens (tertiary/aromatic N) is 2. The van der Waals surface area contributed by atoms with E-state index in [1.54, 1.807) is 18.1 Å². The zero-order chi connectivity index (χ0) is 25.5. The number of aliphatic hydroxyl groups is 1. The Kier molecular flexibility index (Phi) is 10.8. The smallest absolute Gasteiger partial charge is 0.241 e. The van der Waals surface area contributed by atoms with E-state index in [0.29, 0.717) is 37.0 Å². The second kappa shape index (κ2) is 12.8. The van der Waals surface area contributed by atoms with Crippen LogP contribution in [0.3, 0.4) is 0 Å². The number of halogens is 1. The molecule has 2 rings (SSSR count). The van der Waals surface area contributed by atoms with Crippen LogP contribution >= 0.6 is 11.6 Å². The Balaban J connectivity index is 1.99. The first-order valence-corrected chi connectivity index (χ1v) is 12.4. The maximum absolute atomic E-state index is 13.0. The molecule has 34 heavy (non-hydrogen) atoms. The van der Waals surface area contributed by atoms with Crippen molar-refractivity contribution in [2.24, 2.45) is 17.6 Å². The van der Waals surface area contributed by atoms with Crippen LogP contribution in [0.2, 0.25) is 5.02 Å². The normalized spacial score (nSPS) is 19.2. The lowest BCUT2D eigenvalue weighted by molar-refractivity contribution is -0.127. The maximum atomic E-state index is 13.0. The molecule has 0 bridgehead atoms. The van der Waals surface area contributed by atoms with Crippen molar-refractivity contribution in [2.75, 3.05) is 44.8 Å². The van der Waals surface area contributed by atoms with Crippen LogP contribution in [-0.4, -0.2) is 79.4 Å². The van der Waals surface area contributed by atoms with Gasteiger partial charge in [0.25, 0.3) is 0 Å². The number of hydrogen-bond acceptors (Lipinski definition) is 6. The van der Waals surface area contributed by atoms with Gasteiger partial charge >= 0.3 is 0 Å². The summed E-state index contributed by atoms with van der Waals surface area (Å²) in [7, 11) is 1.63. The second-order valence-electron chi connectivity index (χ2n) is 10.1. The highest BCUT2D eigenvalue weighted by Crippen LogP contribution is 2.31. The molecule has 2 amide bonds. The molecule has 0 spiro atoms. The molecule has 0 aliphatic carbocycles. The summed E-state index contributed by atoms with van der Waals surface area (Å²) in [6, 6.07) is 6.71. The van der Waals surface area contributed by atoms with Gasteiger partial charge in [0.15, 0.2) is 0 Å². The number of methoxy groups -OCH3 is 1. The van der Waals surface area contributed by atoms with Crippen LogP contribution in [0.25, 0.3) is 0 Å². The number of aliphatic hydroxyl groups excluding tert-OH is 1. The molecular formula is C25H41ClN4O4. The fraction of sp³-hybridized carbons (Fsp3) is 0.680. The SMILES string of the molecule is COCCCNC(=O)[C@@H](C[C@H](O)[C@@H](N)CN1CC(=O)N(c2ccccc2Cl)CC1(C)C)C(C)C. The van der Waals surface area contributed by atoms with Crippen LogP contribution in [0.1, 0.15) is 40.5 Å². The first-order chi connectivity index (χ1) is 16.0. The fourth-order valence-electron chi connectivity index (χ4n) is 4.29. The Hall–Kier alpha value is -1.71. The van der Waals surface area contributed by atoms with Gasteiger partial charge in [-0.25, -0.2) is 0 Å². The number of amides is 2. The third-order valence-electron chi connectivity index (χ3n) is 6.56. The molecule has 1 heterocycles. The van der Waals surface area contributed by atoms with Gasteiger partial charge in [0.05, 0.1) is 23.4 Å². The van der Waals surface area contributed by atoms with Crippen molar-refractivity contribution < 1.29 is 19.4 Å². The van der Waals surface area contributed by atoms with E-state index in [4.69, 9.17) is 22.1 Å². The Morgan fingerprint density at radius 3 is 2.62 bits per heavy atom. The van der Waals surface area contributed by atoms with E-state index in [2.05, 4.69) is 5.32 Å². The standard InChI is InChI=1S/C25H41ClN4O4/c1-17(2)18(24(33)28-11-8-12-34-5)13-22(31)20(27)14-29-15-23(32)30(16-25(29,3)4)21-10-7-6-9-19(21)26/h6-7,9-10,17-18,20,22,31H,8,11-16,27H2,1-5H3,(H,28,33)/t18-,20-,22-/m0/s1. The summed E-state index contributed by atoms with van der Waals surface area (Å²) in [6.07, 6.45) is 0.131. The number of nitrogens with one attached hydrogen (secondary N) is 1. The average molecular weight is 497 g/mol. The second-order valence-corrected chi connectivity index (χ2v) is 10.5. The number of rotatable bonds is 12. The molecule has 1 aromatic carbocycles. The molecule has 4 N–H and O–H groups in total. The zero-order valence-corrected chi connectivity index (χ0v) is 21.8. The predicted octanol–water partition coefficient (Wildman–Crippen LogP) is 2.27. The van der Waals surface area contributed by atoms with Gasteiger partial charge in [-0.15, -0.1) is 0 Å². The minimum absolute atomic E-state index is 0.0569. The number of piperazine rings is 1. The van der Waals surface area contributed by atoms with Crippen molar-refractivity contribution in [3.8, 4) is 0 Å². The molecule has 1 aliphatic rings. The quantitative estimate of drug-likeness (QED) is 0.383. The molecule has 0 aromatic heterocycles. The Labute approximate surface area is 208 Å². The molecule has 192 valence electrons. The number of benzene rings is 1. The van der Waals surface area contributed by atoms with Crippen molar-refractivity contribution in [1.29, 1.82) is 0 Å². The third kappa shape index (κ3) is 7.65. The summed E-state index contributed by atoms with van der Waals surface area (Å²) in [6.45, 7) is 10.1. The van der Waals surface area contributed by atoms with Crippen molar-refractivity contribution in [3.63, 3.8) is 0 Å². The Bertz CT molecular complexity index is 820. The van der Waals surface area contributed by atoms with Crippen molar-refractivity contribution >= 4 is 29.1 Å². The van der Waals surface area contributed by atoms with Gasteiger partial charge < -0.3 is 25.8 Å². The number of carbonyl (C=O) groups is 2. The predicted molar refractivity (Wildman–Crippen MR) is 136 cm³/mol. The van der Waals surface area contributed by atoms with E-state index in [0.717, 1.165) is 6.42 Å². The minimum Gasteiger partial charge on any atom is -0.391 e. The van der Waals surface area contributed by atoms with E-state index < -0.39 is 12.1 Å². The van der Waals surface area contributed by atoms with Crippen LogP contribution in [0, 0.1) is 11.8 Å². The molecule has 0 radical (unpaired) electrons. The van der Waals surface area contributed by atoms with Crippen LogP contribution in [-0.2, 0) is 14.3 Å². The molecular weight excluding hydrogens is 456 g/mol. The lowest BCUT2D eigenvalue weighted by atomic mass is 9.87. The molecule has 1 fully saturated rings. The Morgan fingerprint density at radius 2 is 2.00 bits per heavy atom. The van der Waals surface area contributed by atoms with E-state index in [1.807, 2.05) is 50.8 Å². The first-order valence-electron chi connectivity index (χ1n) is 12.0. The molecule has 1 aromatic rings. The lowest BCUT2D eigenvalue weighted by Crippen LogP contribution is -2.64. The summed E-state index contributed by atoms with van der Waals surface area (Å²) < 4.78 is 5.02. The molecule has 0 saturated carbocycles. The minimum atomic E-state index is -0.871. The van der Waals surface area contributed by atoms with E-state index in [1.165, 1.54) is 0 Å². The van der Waals surface area contributed by atoms with Crippen LogP contribution in [0.4, 0.5) is 5.69 Å². The average Bonchev–Trinajstić information content (AvgIpc) is 2.77. The molecule has 3 atom stereocenters. The van der Waals surface area contributed by atoms with Crippen molar-refractivity contribution in [1.82, 2.24) is 10.2 Å². The number of anilines is 1.